The van der Waals surface area contributed by atoms with Crippen LogP contribution in [0.3, 0.4) is 0 Å². The molecule has 1 saturated heterocycles. The molecular formula is C26H26Cl2N4O. The number of carbonyl (C=O) groups excluding carboxylic acids is 1. The molecular weight excluding hydrogens is 455 g/mol. The van der Waals surface area contributed by atoms with E-state index in [-0.39, 0.29) is 22.9 Å². The van der Waals surface area contributed by atoms with E-state index in [9.17, 15) is 4.79 Å². The lowest BCUT2D eigenvalue weighted by Crippen LogP contribution is -2.39. The van der Waals surface area contributed by atoms with Gasteiger partial charge in [0.05, 0.1) is 27.8 Å². The van der Waals surface area contributed by atoms with Crippen molar-refractivity contribution < 1.29 is 4.79 Å². The molecule has 1 amide bonds. The molecule has 3 aromatic rings. The monoisotopic (exact) mass is 480 g/mol. The lowest BCUT2D eigenvalue weighted by Gasteiger charge is -2.38. The van der Waals surface area contributed by atoms with Crippen LogP contribution in [-0.2, 0) is 11.0 Å². The molecule has 33 heavy (non-hydrogen) atoms. The molecule has 2 fully saturated rings. The van der Waals surface area contributed by atoms with Gasteiger partial charge in [-0.15, -0.1) is 0 Å². The van der Waals surface area contributed by atoms with Crippen molar-refractivity contribution in [1.29, 1.82) is 0 Å². The second-order valence-electron chi connectivity index (χ2n) is 10.3. The maximum Gasteiger partial charge on any atom is 0.259 e. The molecule has 1 aromatic heterocycles. The Bertz CT molecular complexity index is 1250. The van der Waals surface area contributed by atoms with Crippen LogP contribution in [0.15, 0.2) is 54.7 Å². The van der Waals surface area contributed by atoms with Crippen LogP contribution in [0.5, 0.6) is 0 Å². The Morgan fingerprint density at radius 2 is 1.88 bits per heavy atom. The van der Waals surface area contributed by atoms with E-state index in [1.54, 1.807) is 6.20 Å². The summed E-state index contributed by atoms with van der Waals surface area (Å²) < 4.78 is 1.98. The first-order valence-electron chi connectivity index (χ1n) is 11.4. The lowest BCUT2D eigenvalue weighted by atomic mass is 9.89. The molecule has 0 bridgehead atoms. The van der Waals surface area contributed by atoms with E-state index >= 15 is 0 Å². The number of halogens is 2. The number of carbonyl (C=O) groups is 1. The SMILES string of the molecule is CC1(C)C[C@H](c2ccccc2)Nc2c(C(=O)N3C[C@@H]4C[C@]4(c4ccc(Cl)c(Cl)c4)C3)cnn21. The average molecular weight is 481 g/mol. The predicted molar refractivity (Wildman–Crippen MR) is 131 cm³/mol. The van der Waals surface area contributed by atoms with Crippen molar-refractivity contribution in [1.82, 2.24) is 14.7 Å². The topological polar surface area (TPSA) is 50.2 Å². The zero-order valence-electron chi connectivity index (χ0n) is 18.7. The van der Waals surface area contributed by atoms with Crippen LogP contribution in [0.25, 0.3) is 0 Å². The van der Waals surface area contributed by atoms with Gasteiger partial charge in [-0.05, 0) is 55.9 Å². The molecule has 5 nitrogen and oxygen atoms in total. The van der Waals surface area contributed by atoms with Crippen molar-refractivity contribution in [2.75, 3.05) is 18.4 Å². The minimum Gasteiger partial charge on any atom is -0.363 e. The van der Waals surface area contributed by atoms with E-state index in [1.807, 2.05) is 27.8 Å². The summed E-state index contributed by atoms with van der Waals surface area (Å²) in [5.74, 6) is 1.32. The fourth-order valence-corrected chi connectivity index (χ4v) is 6.15. The van der Waals surface area contributed by atoms with Gasteiger partial charge in [-0.1, -0.05) is 59.6 Å². The molecule has 0 unspecified atom stereocenters. The van der Waals surface area contributed by atoms with Gasteiger partial charge in [0.25, 0.3) is 5.91 Å². The number of rotatable bonds is 3. The Morgan fingerprint density at radius 3 is 2.64 bits per heavy atom. The van der Waals surface area contributed by atoms with Crippen molar-refractivity contribution in [3.05, 3.63) is 81.5 Å². The number of amides is 1. The van der Waals surface area contributed by atoms with Crippen molar-refractivity contribution >= 4 is 34.9 Å². The summed E-state index contributed by atoms with van der Waals surface area (Å²) in [4.78, 5) is 15.7. The zero-order valence-corrected chi connectivity index (χ0v) is 20.2. The number of fused-ring (bicyclic) bond motifs is 2. The van der Waals surface area contributed by atoms with Gasteiger partial charge in [-0.3, -0.25) is 4.79 Å². The molecule has 3 heterocycles. The minimum absolute atomic E-state index is 0.00358. The molecule has 6 rings (SSSR count). The molecule has 0 spiro atoms. The van der Waals surface area contributed by atoms with Crippen LogP contribution in [-0.4, -0.2) is 33.7 Å². The maximum absolute atomic E-state index is 13.7. The van der Waals surface area contributed by atoms with Gasteiger partial charge < -0.3 is 10.2 Å². The fraction of sp³-hybridized carbons (Fsp3) is 0.385. The van der Waals surface area contributed by atoms with Gasteiger partial charge >= 0.3 is 0 Å². The number of anilines is 1. The third-order valence-corrected chi connectivity index (χ3v) is 8.46. The summed E-state index contributed by atoms with van der Waals surface area (Å²) in [6, 6.07) is 16.4. The first-order chi connectivity index (χ1) is 15.8. The Morgan fingerprint density at radius 1 is 1.09 bits per heavy atom. The van der Waals surface area contributed by atoms with Crippen LogP contribution in [0.4, 0.5) is 5.82 Å². The number of likely N-dealkylation sites (tertiary alicyclic amines) is 1. The summed E-state index contributed by atoms with van der Waals surface area (Å²) in [7, 11) is 0. The second kappa shape index (κ2) is 7.25. The normalized spacial score (nSPS) is 27.0. The Hall–Kier alpha value is -2.50. The standard InChI is InChI=1S/C26H26Cl2N4O/c1-25(2)12-22(16-6-4-3-5-7-16)30-23-19(13-29-32(23)25)24(33)31-14-18-11-26(18,15-31)17-8-9-20(27)21(28)10-17/h3-10,13,18,22,30H,11-12,14-15H2,1-2H3/t18-,22+,26+/m0/s1. The number of aromatic nitrogens is 2. The predicted octanol–water partition coefficient (Wildman–Crippen LogP) is 5.90. The van der Waals surface area contributed by atoms with E-state index in [1.165, 1.54) is 11.1 Å². The lowest BCUT2D eigenvalue weighted by molar-refractivity contribution is 0.0772. The fourth-order valence-electron chi connectivity index (χ4n) is 5.85. The Labute approximate surface area is 203 Å². The molecule has 2 aliphatic heterocycles. The molecule has 1 saturated carbocycles. The number of hydrogen-bond acceptors (Lipinski definition) is 3. The van der Waals surface area contributed by atoms with Gasteiger partial charge in [0.2, 0.25) is 0 Å². The van der Waals surface area contributed by atoms with Crippen molar-refractivity contribution in [2.24, 2.45) is 5.92 Å². The summed E-state index contributed by atoms with van der Waals surface area (Å²) in [5, 5.41) is 9.39. The quantitative estimate of drug-likeness (QED) is 0.507. The number of hydrogen-bond donors (Lipinski definition) is 1. The van der Waals surface area contributed by atoms with Crippen molar-refractivity contribution in [3.63, 3.8) is 0 Å². The summed E-state index contributed by atoms with van der Waals surface area (Å²) in [6.45, 7) is 5.82. The summed E-state index contributed by atoms with van der Waals surface area (Å²) in [6.07, 6.45) is 3.71. The smallest absolute Gasteiger partial charge is 0.259 e. The van der Waals surface area contributed by atoms with Gasteiger partial charge in [0.15, 0.2) is 0 Å². The molecule has 0 radical (unpaired) electrons. The minimum atomic E-state index is -0.200. The van der Waals surface area contributed by atoms with Gasteiger partial charge in [-0.2, -0.15) is 5.10 Å². The van der Waals surface area contributed by atoms with Gasteiger partial charge in [0.1, 0.15) is 11.4 Å². The number of nitrogens with one attached hydrogen (secondary N) is 1. The Balaban J connectivity index is 1.28. The summed E-state index contributed by atoms with van der Waals surface area (Å²) in [5.41, 5.74) is 2.84. The third-order valence-electron chi connectivity index (χ3n) is 7.72. The van der Waals surface area contributed by atoms with Crippen LogP contribution in [0.1, 0.15) is 54.2 Å². The third kappa shape index (κ3) is 3.28. The first kappa shape index (κ1) is 21.1. The highest BCUT2D eigenvalue weighted by molar-refractivity contribution is 6.42. The zero-order chi connectivity index (χ0) is 23.0. The highest BCUT2D eigenvalue weighted by Crippen LogP contribution is 2.59. The average Bonchev–Trinajstić information content (AvgIpc) is 3.14. The number of nitrogens with zero attached hydrogens (tertiary/aromatic N) is 3. The Kier molecular flexibility index (Phi) is 4.63. The van der Waals surface area contributed by atoms with Crippen LogP contribution < -0.4 is 5.32 Å². The number of piperidine rings is 1. The highest BCUT2D eigenvalue weighted by atomic mass is 35.5. The van der Waals surface area contributed by atoms with Gasteiger partial charge in [-0.25, -0.2) is 4.68 Å². The van der Waals surface area contributed by atoms with E-state index in [2.05, 4.69) is 54.6 Å². The van der Waals surface area contributed by atoms with E-state index in [4.69, 9.17) is 23.2 Å². The van der Waals surface area contributed by atoms with Crippen LogP contribution >= 0.6 is 23.2 Å². The summed E-state index contributed by atoms with van der Waals surface area (Å²) >= 11 is 12.4. The highest BCUT2D eigenvalue weighted by Gasteiger charge is 2.62. The largest absolute Gasteiger partial charge is 0.363 e. The van der Waals surface area contributed by atoms with E-state index in [0.717, 1.165) is 25.2 Å². The molecule has 1 aliphatic carbocycles. The molecule has 1 N–H and O–H groups in total. The van der Waals surface area contributed by atoms with Crippen LogP contribution in [0.2, 0.25) is 10.0 Å². The van der Waals surface area contributed by atoms with Gasteiger partial charge in [0, 0.05) is 18.5 Å². The van der Waals surface area contributed by atoms with E-state index in [0.29, 0.717) is 28.1 Å². The molecule has 3 atom stereocenters. The van der Waals surface area contributed by atoms with E-state index < -0.39 is 0 Å². The van der Waals surface area contributed by atoms with Crippen LogP contribution in [0, 0.1) is 5.92 Å². The molecule has 2 aromatic carbocycles. The molecule has 7 heteroatoms. The molecule has 170 valence electrons. The second-order valence-corrected chi connectivity index (χ2v) is 11.1. The van der Waals surface area contributed by atoms with Crippen molar-refractivity contribution in [3.8, 4) is 0 Å². The van der Waals surface area contributed by atoms with Crippen molar-refractivity contribution in [2.45, 2.75) is 43.7 Å². The first-order valence-corrected chi connectivity index (χ1v) is 12.2. The number of benzene rings is 2. The maximum atomic E-state index is 13.7. The molecule has 3 aliphatic rings.